The maximum absolute atomic E-state index is 2.60. The van der Waals surface area contributed by atoms with Crippen LogP contribution in [0.3, 0.4) is 0 Å². The highest BCUT2D eigenvalue weighted by Crippen LogP contribution is 2.56. The number of aromatic nitrogens is 1. The summed E-state index contributed by atoms with van der Waals surface area (Å²) in [5, 5.41) is 0. The molecule has 2 heteroatoms. The molecular weight excluding hydrogens is 373 g/mol. The maximum atomic E-state index is 2.60. The first kappa shape index (κ1) is 20.3. The third kappa shape index (κ3) is 2.48. The first-order valence-corrected chi connectivity index (χ1v) is 11.8. The summed E-state index contributed by atoms with van der Waals surface area (Å²) in [7, 11) is 0. The molecule has 2 aliphatic rings. The Balaban J connectivity index is 1.95. The third-order valence-corrected chi connectivity index (χ3v) is 8.73. The summed E-state index contributed by atoms with van der Waals surface area (Å²) in [6, 6.07) is 22.7. The molecular formula is C29H33BN+. The summed E-state index contributed by atoms with van der Waals surface area (Å²) in [5.41, 5.74) is 11.8. The lowest BCUT2D eigenvalue weighted by Crippen LogP contribution is -2.67. The lowest BCUT2D eigenvalue weighted by atomic mass is 9.35. The molecule has 1 nitrogen and oxygen atoms in total. The van der Waals surface area contributed by atoms with Crippen molar-refractivity contribution >= 4 is 28.7 Å². The second-order valence-corrected chi connectivity index (χ2v) is 9.88. The van der Waals surface area contributed by atoms with Gasteiger partial charge in [-0.15, -0.1) is 0 Å². The Morgan fingerprint density at radius 3 is 2.16 bits per heavy atom. The van der Waals surface area contributed by atoms with Crippen molar-refractivity contribution in [2.75, 3.05) is 0 Å². The smallest absolute Gasteiger partial charge is 0.193 e. The fourth-order valence-corrected chi connectivity index (χ4v) is 6.62. The quantitative estimate of drug-likeness (QED) is 0.415. The van der Waals surface area contributed by atoms with Gasteiger partial charge in [-0.2, -0.15) is 4.57 Å². The minimum absolute atomic E-state index is 0.0277. The molecule has 5 rings (SSSR count). The van der Waals surface area contributed by atoms with Gasteiger partial charge in [-0.3, -0.25) is 0 Å². The summed E-state index contributed by atoms with van der Waals surface area (Å²) in [4.78, 5) is 0. The van der Waals surface area contributed by atoms with Gasteiger partial charge in [0, 0.05) is 30.9 Å². The second kappa shape index (κ2) is 6.95. The van der Waals surface area contributed by atoms with Crippen LogP contribution in [0.15, 0.2) is 66.9 Å². The van der Waals surface area contributed by atoms with Crippen LogP contribution in [0.4, 0.5) is 0 Å². The van der Waals surface area contributed by atoms with E-state index in [9.17, 15) is 0 Å². The van der Waals surface area contributed by atoms with Crippen molar-refractivity contribution in [3.8, 4) is 0 Å². The molecule has 2 aromatic carbocycles. The van der Waals surface area contributed by atoms with E-state index in [1.807, 2.05) is 0 Å². The minimum Gasteiger partial charge on any atom is -0.193 e. The van der Waals surface area contributed by atoms with Gasteiger partial charge in [-0.05, 0) is 44.4 Å². The van der Waals surface area contributed by atoms with Gasteiger partial charge < -0.3 is 0 Å². The van der Waals surface area contributed by atoms with E-state index in [1.165, 1.54) is 38.8 Å². The predicted molar refractivity (Wildman–Crippen MR) is 133 cm³/mol. The first-order chi connectivity index (χ1) is 14.9. The summed E-state index contributed by atoms with van der Waals surface area (Å²) < 4.78 is 2.60. The summed E-state index contributed by atoms with van der Waals surface area (Å²) >= 11 is 0. The van der Waals surface area contributed by atoms with Gasteiger partial charge in [0.25, 0.3) is 6.71 Å². The molecule has 3 heterocycles. The Kier molecular flexibility index (Phi) is 4.55. The molecule has 0 saturated heterocycles. The summed E-state index contributed by atoms with van der Waals surface area (Å²) in [5.74, 6) is 0. The molecule has 31 heavy (non-hydrogen) atoms. The molecule has 0 radical (unpaired) electrons. The fraction of sp³-hybridized carbons (Fsp3) is 0.345. The van der Waals surface area contributed by atoms with Crippen LogP contribution in [-0.2, 0) is 5.54 Å². The van der Waals surface area contributed by atoms with Crippen molar-refractivity contribution in [1.29, 1.82) is 0 Å². The molecule has 0 aliphatic carbocycles. The van der Waals surface area contributed by atoms with Crippen molar-refractivity contribution in [2.45, 2.75) is 59.9 Å². The molecule has 156 valence electrons. The van der Waals surface area contributed by atoms with Gasteiger partial charge in [0.1, 0.15) is 0 Å². The van der Waals surface area contributed by atoms with E-state index >= 15 is 0 Å². The number of allylic oxidation sites excluding steroid dienone is 1. The molecule has 0 spiro atoms. The van der Waals surface area contributed by atoms with Crippen LogP contribution >= 0.6 is 0 Å². The average molecular weight is 406 g/mol. The lowest BCUT2D eigenvalue weighted by Gasteiger charge is -2.46. The van der Waals surface area contributed by atoms with Gasteiger partial charge in [-0.25, -0.2) is 0 Å². The highest BCUT2D eigenvalue weighted by Gasteiger charge is 2.61. The summed E-state index contributed by atoms with van der Waals surface area (Å²) in [6.07, 6.45) is 4.54. The number of hydrogen-bond acceptors (Lipinski definition) is 0. The topological polar surface area (TPSA) is 3.88 Å². The zero-order valence-corrected chi connectivity index (χ0v) is 19.8. The number of benzene rings is 2. The Labute approximate surface area is 187 Å². The van der Waals surface area contributed by atoms with E-state index in [4.69, 9.17) is 0 Å². The molecule has 0 saturated carbocycles. The SMILES string of the molecule is CCC1(C)C2=C(B(c3c(C)cccc3C)c3ccccc32)c2cccc[n+]2C1(C)CC. The van der Waals surface area contributed by atoms with Crippen molar-refractivity contribution < 1.29 is 4.57 Å². The highest BCUT2D eigenvalue weighted by atomic mass is 15.1. The van der Waals surface area contributed by atoms with Crippen LogP contribution in [0.5, 0.6) is 0 Å². The standard InChI is InChI=1S/C29H33BN/c1-7-28(5)25-22-16-9-10-17-23(22)30(26-20(3)14-13-15-21(26)4)27(25)24-18-11-12-19-31(24)29(28,6)8-2/h9-19H,7-8H2,1-6H3/q+1. The van der Waals surface area contributed by atoms with Crippen LogP contribution < -0.4 is 15.5 Å². The Hall–Kier alpha value is -2.61. The van der Waals surface area contributed by atoms with Crippen LogP contribution in [-0.4, -0.2) is 6.71 Å². The zero-order valence-electron chi connectivity index (χ0n) is 19.8. The van der Waals surface area contributed by atoms with Crippen LogP contribution in [0.25, 0.3) is 11.0 Å². The number of fused-ring (bicyclic) bond motifs is 4. The van der Waals surface area contributed by atoms with E-state index in [-0.39, 0.29) is 17.7 Å². The van der Waals surface area contributed by atoms with Crippen molar-refractivity contribution in [1.82, 2.24) is 0 Å². The maximum Gasteiger partial charge on any atom is 0.251 e. The van der Waals surface area contributed by atoms with Gasteiger partial charge in [0.15, 0.2) is 11.7 Å². The lowest BCUT2D eigenvalue weighted by molar-refractivity contribution is -0.778. The van der Waals surface area contributed by atoms with E-state index in [1.54, 1.807) is 5.57 Å². The Morgan fingerprint density at radius 1 is 0.806 bits per heavy atom. The molecule has 0 bridgehead atoms. The number of aryl methyl sites for hydroxylation is 2. The van der Waals surface area contributed by atoms with Gasteiger partial charge in [-0.1, -0.05) is 78.4 Å². The fourth-order valence-electron chi connectivity index (χ4n) is 6.62. The number of rotatable bonds is 3. The predicted octanol–water partition coefficient (Wildman–Crippen LogP) is 5.22. The average Bonchev–Trinajstić information content (AvgIpc) is 3.13. The molecule has 0 fully saturated rings. The van der Waals surface area contributed by atoms with E-state index in [0.717, 1.165) is 12.8 Å². The van der Waals surface area contributed by atoms with E-state index in [0.29, 0.717) is 0 Å². The molecule has 2 unspecified atom stereocenters. The first-order valence-electron chi connectivity index (χ1n) is 11.8. The van der Waals surface area contributed by atoms with Crippen LogP contribution in [0, 0.1) is 19.3 Å². The van der Waals surface area contributed by atoms with Crippen molar-refractivity contribution in [3.05, 3.63) is 89.2 Å². The van der Waals surface area contributed by atoms with Crippen molar-refractivity contribution in [2.24, 2.45) is 5.41 Å². The number of pyridine rings is 1. The molecule has 2 aliphatic heterocycles. The Bertz CT molecular complexity index is 1200. The van der Waals surface area contributed by atoms with Crippen LogP contribution in [0.2, 0.25) is 0 Å². The number of nitrogens with zero attached hydrogens (tertiary/aromatic N) is 1. The van der Waals surface area contributed by atoms with E-state index < -0.39 is 0 Å². The molecule has 3 aromatic rings. The minimum atomic E-state index is 0.0277. The van der Waals surface area contributed by atoms with Crippen molar-refractivity contribution in [3.63, 3.8) is 0 Å². The van der Waals surface area contributed by atoms with Crippen LogP contribution in [0.1, 0.15) is 62.9 Å². The molecule has 1 aromatic heterocycles. The van der Waals surface area contributed by atoms with Gasteiger partial charge in [0.05, 0.1) is 5.41 Å². The molecule has 0 N–H and O–H groups in total. The zero-order chi connectivity index (χ0) is 22.0. The second-order valence-electron chi connectivity index (χ2n) is 9.88. The van der Waals surface area contributed by atoms with Gasteiger partial charge >= 0.3 is 0 Å². The van der Waals surface area contributed by atoms with E-state index in [2.05, 4.69) is 113 Å². The number of hydrogen-bond donors (Lipinski definition) is 0. The monoisotopic (exact) mass is 406 g/mol. The largest absolute Gasteiger partial charge is 0.251 e. The Morgan fingerprint density at radius 2 is 1.48 bits per heavy atom. The summed E-state index contributed by atoms with van der Waals surface area (Å²) in [6.45, 7) is 14.6. The highest BCUT2D eigenvalue weighted by molar-refractivity contribution is 7.03. The third-order valence-electron chi connectivity index (χ3n) is 8.73. The normalized spacial score (nSPS) is 24.1. The van der Waals surface area contributed by atoms with Gasteiger partial charge in [0.2, 0.25) is 5.69 Å². The molecule has 2 atom stereocenters. The molecule has 0 amide bonds.